The van der Waals surface area contributed by atoms with Gasteiger partial charge in [0.2, 0.25) is 0 Å². The molecule has 0 aromatic heterocycles. The van der Waals surface area contributed by atoms with E-state index in [1.54, 1.807) is 0 Å². The van der Waals surface area contributed by atoms with Gasteiger partial charge in [-0.3, -0.25) is 0 Å². The number of hydrogen-bond acceptors (Lipinski definition) is 1. The average molecular weight is 178 g/mol. The van der Waals surface area contributed by atoms with Crippen molar-refractivity contribution in [2.75, 3.05) is 6.61 Å². The molecule has 0 saturated heterocycles. The first-order valence-corrected chi connectivity index (χ1v) is 4.92. The maximum atomic E-state index is 5.52. The van der Waals surface area contributed by atoms with Crippen molar-refractivity contribution in [2.24, 2.45) is 0 Å². The Morgan fingerprint density at radius 2 is 1.77 bits per heavy atom. The van der Waals surface area contributed by atoms with Gasteiger partial charge in [0, 0.05) is 0 Å². The number of benzene rings is 1. The highest BCUT2D eigenvalue weighted by Gasteiger charge is 2.03. The van der Waals surface area contributed by atoms with Gasteiger partial charge in [-0.1, -0.05) is 13.0 Å². The van der Waals surface area contributed by atoms with Crippen molar-refractivity contribution in [1.29, 1.82) is 0 Å². The van der Waals surface area contributed by atoms with Crippen LogP contribution in [0, 0.1) is 13.8 Å². The molecule has 13 heavy (non-hydrogen) atoms. The van der Waals surface area contributed by atoms with Crippen molar-refractivity contribution in [3.8, 4) is 5.75 Å². The number of rotatable bonds is 3. The fourth-order valence-electron chi connectivity index (χ4n) is 1.54. The smallest absolute Gasteiger partial charge is 0.122 e. The molecule has 0 aliphatic carbocycles. The standard InChI is InChI=1S/C12H18O/c1-5-11-7-10(4)12(13-6-2)8-9(11)3/h7-8H,5-6H2,1-4H3. The van der Waals surface area contributed by atoms with Crippen molar-refractivity contribution in [2.45, 2.75) is 34.1 Å². The Labute approximate surface area is 80.7 Å². The predicted molar refractivity (Wildman–Crippen MR) is 56.5 cm³/mol. The highest BCUT2D eigenvalue weighted by atomic mass is 16.5. The summed E-state index contributed by atoms with van der Waals surface area (Å²) in [5.41, 5.74) is 3.99. The molecule has 0 unspecified atom stereocenters. The summed E-state index contributed by atoms with van der Waals surface area (Å²) in [6.45, 7) is 9.18. The third-order valence-electron chi connectivity index (χ3n) is 2.31. The van der Waals surface area contributed by atoms with E-state index < -0.39 is 0 Å². The summed E-state index contributed by atoms with van der Waals surface area (Å²) in [5.74, 6) is 1.03. The molecule has 0 amide bonds. The Hall–Kier alpha value is -0.980. The zero-order valence-corrected chi connectivity index (χ0v) is 8.98. The summed E-state index contributed by atoms with van der Waals surface area (Å²) in [7, 11) is 0. The van der Waals surface area contributed by atoms with Gasteiger partial charge in [-0.05, 0) is 49.9 Å². The van der Waals surface area contributed by atoms with Crippen molar-refractivity contribution in [1.82, 2.24) is 0 Å². The molecule has 0 aliphatic heterocycles. The molecule has 1 heteroatoms. The van der Waals surface area contributed by atoms with E-state index in [4.69, 9.17) is 4.74 Å². The van der Waals surface area contributed by atoms with Crippen molar-refractivity contribution >= 4 is 0 Å². The fraction of sp³-hybridized carbons (Fsp3) is 0.500. The number of ether oxygens (including phenoxy) is 1. The predicted octanol–water partition coefficient (Wildman–Crippen LogP) is 3.26. The second kappa shape index (κ2) is 4.31. The van der Waals surface area contributed by atoms with Crippen LogP contribution in [0.3, 0.4) is 0 Å². The Morgan fingerprint density at radius 1 is 1.08 bits per heavy atom. The molecule has 0 spiro atoms. The van der Waals surface area contributed by atoms with Gasteiger partial charge >= 0.3 is 0 Å². The summed E-state index contributed by atoms with van der Waals surface area (Å²) in [6, 6.07) is 4.36. The maximum absolute atomic E-state index is 5.52. The van der Waals surface area contributed by atoms with E-state index >= 15 is 0 Å². The zero-order valence-electron chi connectivity index (χ0n) is 8.98. The van der Waals surface area contributed by atoms with E-state index in [0.29, 0.717) is 0 Å². The molecular weight excluding hydrogens is 160 g/mol. The van der Waals surface area contributed by atoms with Crippen LogP contribution in [0.25, 0.3) is 0 Å². The molecule has 0 saturated carbocycles. The maximum Gasteiger partial charge on any atom is 0.122 e. The van der Waals surface area contributed by atoms with Crippen LogP contribution < -0.4 is 4.74 Å². The average Bonchev–Trinajstić information content (AvgIpc) is 2.11. The SMILES string of the molecule is CCOc1cc(C)c(CC)cc1C. The van der Waals surface area contributed by atoms with Crippen LogP contribution in [0.5, 0.6) is 5.75 Å². The van der Waals surface area contributed by atoms with Crippen LogP contribution in [0.4, 0.5) is 0 Å². The van der Waals surface area contributed by atoms with Crippen LogP contribution in [0.2, 0.25) is 0 Å². The minimum Gasteiger partial charge on any atom is -0.494 e. The third-order valence-corrected chi connectivity index (χ3v) is 2.31. The van der Waals surface area contributed by atoms with Gasteiger partial charge < -0.3 is 4.74 Å². The van der Waals surface area contributed by atoms with Gasteiger partial charge in [0.05, 0.1) is 6.61 Å². The number of aryl methyl sites for hydroxylation is 3. The Balaban J connectivity index is 3.05. The van der Waals surface area contributed by atoms with Crippen LogP contribution in [-0.4, -0.2) is 6.61 Å². The first-order chi connectivity index (χ1) is 6.19. The molecule has 1 rings (SSSR count). The molecule has 0 N–H and O–H groups in total. The molecule has 1 nitrogen and oxygen atoms in total. The van der Waals surface area contributed by atoms with Gasteiger partial charge in [-0.15, -0.1) is 0 Å². The van der Waals surface area contributed by atoms with Crippen molar-refractivity contribution in [3.63, 3.8) is 0 Å². The fourth-order valence-corrected chi connectivity index (χ4v) is 1.54. The minimum atomic E-state index is 0.742. The first-order valence-electron chi connectivity index (χ1n) is 4.92. The summed E-state index contributed by atoms with van der Waals surface area (Å²) in [5, 5.41) is 0. The Kier molecular flexibility index (Phi) is 3.35. The Bertz CT molecular complexity index is 289. The van der Waals surface area contributed by atoms with Gasteiger partial charge in [0.15, 0.2) is 0 Å². The second-order valence-corrected chi connectivity index (χ2v) is 3.33. The second-order valence-electron chi connectivity index (χ2n) is 3.33. The Morgan fingerprint density at radius 3 is 2.31 bits per heavy atom. The van der Waals surface area contributed by atoms with Gasteiger partial charge in [0.25, 0.3) is 0 Å². The molecule has 1 aromatic carbocycles. The lowest BCUT2D eigenvalue weighted by atomic mass is 10.0. The highest BCUT2D eigenvalue weighted by molar-refractivity contribution is 5.41. The molecular formula is C12H18O. The van der Waals surface area contributed by atoms with E-state index in [1.807, 2.05) is 6.92 Å². The monoisotopic (exact) mass is 178 g/mol. The van der Waals surface area contributed by atoms with Crippen LogP contribution >= 0.6 is 0 Å². The lowest BCUT2D eigenvalue weighted by Gasteiger charge is -2.11. The van der Waals surface area contributed by atoms with Crippen molar-refractivity contribution in [3.05, 3.63) is 28.8 Å². The molecule has 0 radical (unpaired) electrons. The largest absolute Gasteiger partial charge is 0.494 e. The summed E-state index contributed by atoms with van der Waals surface area (Å²) >= 11 is 0. The molecule has 1 aromatic rings. The molecule has 0 fully saturated rings. The van der Waals surface area contributed by atoms with Crippen LogP contribution in [0.15, 0.2) is 12.1 Å². The molecule has 0 bridgehead atoms. The van der Waals surface area contributed by atoms with Crippen LogP contribution in [-0.2, 0) is 6.42 Å². The molecule has 0 heterocycles. The third kappa shape index (κ3) is 2.24. The molecule has 0 atom stereocenters. The van der Waals surface area contributed by atoms with Crippen LogP contribution in [0.1, 0.15) is 30.5 Å². The summed E-state index contributed by atoms with van der Waals surface area (Å²) in [6.07, 6.45) is 1.10. The van der Waals surface area contributed by atoms with Gasteiger partial charge in [0.1, 0.15) is 5.75 Å². The zero-order chi connectivity index (χ0) is 9.84. The molecule has 72 valence electrons. The quantitative estimate of drug-likeness (QED) is 0.690. The highest BCUT2D eigenvalue weighted by Crippen LogP contribution is 2.22. The lowest BCUT2D eigenvalue weighted by molar-refractivity contribution is 0.337. The topological polar surface area (TPSA) is 9.23 Å². The van der Waals surface area contributed by atoms with E-state index in [9.17, 15) is 0 Å². The van der Waals surface area contributed by atoms with E-state index in [1.165, 1.54) is 16.7 Å². The summed E-state index contributed by atoms with van der Waals surface area (Å²) < 4.78 is 5.52. The lowest BCUT2D eigenvalue weighted by Crippen LogP contribution is -1.96. The first kappa shape index (κ1) is 10.1. The summed E-state index contributed by atoms with van der Waals surface area (Å²) in [4.78, 5) is 0. The van der Waals surface area contributed by atoms with E-state index in [0.717, 1.165) is 18.8 Å². The van der Waals surface area contributed by atoms with Gasteiger partial charge in [-0.2, -0.15) is 0 Å². The van der Waals surface area contributed by atoms with Gasteiger partial charge in [-0.25, -0.2) is 0 Å². The number of hydrogen-bond donors (Lipinski definition) is 0. The normalized spacial score (nSPS) is 10.2. The molecule has 0 aliphatic rings. The minimum absolute atomic E-state index is 0.742. The van der Waals surface area contributed by atoms with E-state index in [2.05, 4.69) is 32.9 Å². The van der Waals surface area contributed by atoms with Crippen molar-refractivity contribution < 1.29 is 4.74 Å². The van der Waals surface area contributed by atoms with E-state index in [-0.39, 0.29) is 0 Å².